The van der Waals surface area contributed by atoms with E-state index < -0.39 is 0 Å². The highest BCUT2D eigenvalue weighted by molar-refractivity contribution is 14.2. The monoisotopic (exact) mass is 482 g/mol. The fourth-order valence-corrected chi connectivity index (χ4v) is 3.28. The minimum atomic E-state index is 0.424. The molecule has 5 heteroatoms. The maximum absolute atomic E-state index is 5.55. The molecule has 26 heavy (non-hydrogen) atoms. The lowest BCUT2D eigenvalue weighted by Gasteiger charge is -2.12. The second kappa shape index (κ2) is 12.1. The molecule has 0 radical (unpaired) electrons. The van der Waals surface area contributed by atoms with Gasteiger partial charge in [0.25, 0.3) is 0 Å². The van der Waals surface area contributed by atoms with Crippen molar-refractivity contribution in [3.8, 4) is 17.0 Å². The Labute approximate surface area is 172 Å². The fraction of sp³-hybridized carbons (Fsp3) is 0.286. The van der Waals surface area contributed by atoms with E-state index in [9.17, 15) is 0 Å². The Morgan fingerprint density at radius 3 is 2.12 bits per heavy atom. The van der Waals surface area contributed by atoms with Crippen LogP contribution in [0.3, 0.4) is 0 Å². The quantitative estimate of drug-likeness (QED) is 0.287. The summed E-state index contributed by atoms with van der Waals surface area (Å²) >= 11 is 2.22. The van der Waals surface area contributed by atoms with E-state index in [0.717, 1.165) is 27.9 Å². The van der Waals surface area contributed by atoms with E-state index in [2.05, 4.69) is 63.3 Å². The highest BCUT2D eigenvalue weighted by atomic mass is 127. The minimum Gasteiger partial charge on any atom is -0.467 e. The lowest BCUT2D eigenvalue weighted by atomic mass is 10.1. The molecule has 0 fully saturated rings. The van der Waals surface area contributed by atoms with Crippen LogP contribution in [0.1, 0.15) is 27.7 Å². The fourth-order valence-electron chi connectivity index (χ4n) is 2.30. The van der Waals surface area contributed by atoms with E-state index in [4.69, 9.17) is 9.51 Å². The largest absolute Gasteiger partial charge is 0.467 e. The van der Waals surface area contributed by atoms with Gasteiger partial charge in [0.2, 0.25) is 0 Å². The third kappa shape index (κ3) is 6.10. The van der Waals surface area contributed by atoms with Crippen molar-refractivity contribution >= 4 is 45.1 Å². The number of pyridine rings is 1. The molecule has 0 spiro atoms. The Morgan fingerprint density at radius 2 is 1.54 bits per heavy atom. The number of aromatic nitrogens is 1. The van der Waals surface area contributed by atoms with Gasteiger partial charge >= 0.3 is 0 Å². The average Bonchev–Trinajstić information content (AvgIpc) is 2.71. The lowest BCUT2D eigenvalue weighted by molar-refractivity contribution is 0.646. The lowest BCUT2D eigenvalue weighted by Crippen LogP contribution is -2.07. The maximum atomic E-state index is 5.55. The second-order valence-corrected chi connectivity index (χ2v) is 6.85. The van der Waals surface area contributed by atoms with Crippen LogP contribution in [-0.2, 0) is 0 Å². The van der Waals surface area contributed by atoms with Crippen molar-refractivity contribution in [1.82, 2.24) is 4.98 Å². The molecule has 1 unspecified atom stereocenters. The van der Waals surface area contributed by atoms with Gasteiger partial charge in [-0.15, -0.1) is 0 Å². The summed E-state index contributed by atoms with van der Waals surface area (Å²) in [6.45, 7) is 8.42. The molecule has 0 saturated carbocycles. The van der Waals surface area contributed by atoms with Gasteiger partial charge in [-0.2, -0.15) is 0 Å². The maximum Gasteiger partial charge on any atom is 0.137 e. The molecule has 1 heterocycles. The van der Waals surface area contributed by atoms with Gasteiger partial charge < -0.3 is 9.42 Å². The molecule has 0 aliphatic carbocycles. The van der Waals surface area contributed by atoms with Gasteiger partial charge in [-0.3, -0.25) is 0 Å². The minimum absolute atomic E-state index is 0.424. The molecular formula is C21H28IN2OP. The standard InChI is InChI=1S/C17H16IN2OP.2C2H6/c1-20(2)14-6-3-12(4-7-14)16-9-5-13-11-15(21-22-18)8-10-17(13)19-16;2*1-2/h3-11,22H,1-2H3;2*1-2H3. The summed E-state index contributed by atoms with van der Waals surface area (Å²) in [5.41, 5.74) is 4.29. The second-order valence-electron chi connectivity index (χ2n) is 5.17. The zero-order valence-corrected chi connectivity index (χ0v) is 19.5. The predicted molar refractivity (Wildman–Crippen MR) is 127 cm³/mol. The Balaban J connectivity index is 0.000000791. The molecule has 140 valence electrons. The van der Waals surface area contributed by atoms with E-state index in [1.54, 1.807) is 0 Å². The number of halogens is 1. The molecule has 1 aromatic heterocycles. The summed E-state index contributed by atoms with van der Waals surface area (Å²) in [4.78, 5) is 6.84. The van der Waals surface area contributed by atoms with E-state index >= 15 is 0 Å². The average molecular weight is 482 g/mol. The summed E-state index contributed by atoms with van der Waals surface area (Å²) in [7, 11) is 4.08. The highest BCUT2D eigenvalue weighted by Gasteiger charge is 2.04. The summed E-state index contributed by atoms with van der Waals surface area (Å²) in [6, 6.07) is 18.6. The smallest absolute Gasteiger partial charge is 0.137 e. The van der Waals surface area contributed by atoms with Gasteiger partial charge in [0.05, 0.1) is 11.2 Å². The Bertz CT molecular complexity index is 792. The third-order valence-electron chi connectivity index (χ3n) is 3.50. The van der Waals surface area contributed by atoms with Crippen LogP contribution in [-0.4, -0.2) is 19.1 Å². The number of hydrogen-bond donors (Lipinski definition) is 0. The first-order chi connectivity index (χ1) is 12.7. The first-order valence-corrected chi connectivity index (χ1v) is 12.9. The van der Waals surface area contributed by atoms with Crippen LogP contribution in [0.4, 0.5) is 5.69 Å². The first kappa shape index (κ1) is 22.7. The zero-order chi connectivity index (χ0) is 19.5. The van der Waals surface area contributed by atoms with Crippen LogP contribution in [0.2, 0.25) is 0 Å². The van der Waals surface area contributed by atoms with E-state index in [-0.39, 0.29) is 0 Å². The molecule has 1 atom stereocenters. The van der Waals surface area contributed by atoms with Gasteiger partial charge in [0.15, 0.2) is 0 Å². The Hall–Kier alpha value is -1.39. The predicted octanol–water partition coefficient (Wildman–Crippen LogP) is 7.34. The normalized spacial score (nSPS) is 9.96. The molecule has 0 aliphatic rings. The van der Waals surface area contributed by atoms with Crippen molar-refractivity contribution in [2.75, 3.05) is 19.0 Å². The van der Waals surface area contributed by atoms with E-state index in [1.165, 1.54) is 5.69 Å². The summed E-state index contributed by atoms with van der Waals surface area (Å²) in [6.07, 6.45) is 0. The summed E-state index contributed by atoms with van der Waals surface area (Å²) in [5, 5.41) is 1.10. The summed E-state index contributed by atoms with van der Waals surface area (Å²) in [5.74, 6) is 0.894. The third-order valence-corrected chi connectivity index (χ3v) is 4.47. The van der Waals surface area contributed by atoms with Gasteiger partial charge in [-0.1, -0.05) is 45.9 Å². The van der Waals surface area contributed by atoms with Crippen LogP contribution in [0.25, 0.3) is 22.2 Å². The van der Waals surface area contributed by atoms with Crippen molar-refractivity contribution in [1.29, 1.82) is 0 Å². The number of fused-ring (bicyclic) bond motifs is 1. The Kier molecular flexibility index (Phi) is 10.5. The van der Waals surface area contributed by atoms with E-state index in [1.807, 2.05) is 60.0 Å². The molecular weight excluding hydrogens is 454 g/mol. The van der Waals surface area contributed by atoms with Gasteiger partial charge in [0.1, 0.15) is 12.2 Å². The van der Waals surface area contributed by atoms with Crippen LogP contribution in [0.15, 0.2) is 54.6 Å². The molecule has 0 saturated heterocycles. The Morgan fingerprint density at radius 1 is 0.885 bits per heavy atom. The van der Waals surface area contributed by atoms with Crippen molar-refractivity contribution in [2.24, 2.45) is 0 Å². The van der Waals surface area contributed by atoms with Gasteiger partial charge in [0, 0.05) is 30.7 Å². The number of anilines is 1. The van der Waals surface area contributed by atoms with E-state index in [0.29, 0.717) is 6.45 Å². The highest BCUT2D eigenvalue weighted by Crippen LogP contribution is 2.30. The van der Waals surface area contributed by atoms with Crippen LogP contribution in [0.5, 0.6) is 5.75 Å². The first-order valence-electron chi connectivity index (χ1n) is 8.88. The molecule has 3 aromatic rings. The van der Waals surface area contributed by atoms with Crippen LogP contribution >= 0.6 is 28.5 Å². The molecule has 0 bridgehead atoms. The van der Waals surface area contributed by atoms with Crippen molar-refractivity contribution in [2.45, 2.75) is 27.7 Å². The SMILES string of the molecule is CC.CC.CN(C)c1ccc(-c2ccc3cc(OPI)ccc3n2)cc1. The van der Waals surface area contributed by atoms with Crippen molar-refractivity contribution in [3.63, 3.8) is 0 Å². The summed E-state index contributed by atoms with van der Waals surface area (Å²) < 4.78 is 5.55. The molecule has 0 N–H and O–H groups in total. The number of rotatable bonds is 4. The van der Waals surface area contributed by atoms with Crippen molar-refractivity contribution < 1.29 is 4.52 Å². The number of benzene rings is 2. The van der Waals surface area contributed by atoms with Gasteiger partial charge in [-0.25, -0.2) is 4.98 Å². The van der Waals surface area contributed by atoms with Crippen molar-refractivity contribution in [3.05, 3.63) is 54.6 Å². The number of hydrogen-bond acceptors (Lipinski definition) is 3. The molecule has 0 aliphatic heterocycles. The van der Waals surface area contributed by atoms with Gasteiger partial charge in [-0.05, 0) is 58.4 Å². The molecule has 3 rings (SSSR count). The molecule has 2 aromatic carbocycles. The molecule has 0 amide bonds. The topological polar surface area (TPSA) is 25.4 Å². The zero-order valence-electron chi connectivity index (χ0n) is 16.4. The number of nitrogens with zero attached hydrogens (tertiary/aromatic N) is 2. The molecule has 3 nitrogen and oxygen atoms in total. The van der Waals surface area contributed by atoms with Crippen LogP contribution in [0, 0.1) is 0 Å². The van der Waals surface area contributed by atoms with Crippen LogP contribution < -0.4 is 9.42 Å².